The Morgan fingerprint density at radius 2 is 1.73 bits per heavy atom. The average molecular weight is 448 g/mol. The van der Waals surface area contributed by atoms with Crippen molar-refractivity contribution in [3.63, 3.8) is 0 Å². The molecule has 1 atom stereocenters. The number of benzene rings is 2. The van der Waals surface area contributed by atoms with Gasteiger partial charge in [0.05, 0.1) is 26.3 Å². The number of methoxy groups -OCH3 is 2. The highest BCUT2D eigenvalue weighted by Gasteiger charge is 2.28. The van der Waals surface area contributed by atoms with Gasteiger partial charge in [0.15, 0.2) is 17.6 Å². The zero-order valence-corrected chi connectivity index (χ0v) is 18.8. The number of ether oxygens (including phenoxy) is 3. The molecule has 0 saturated carbocycles. The first-order valence-corrected chi connectivity index (χ1v) is 10.2. The summed E-state index contributed by atoms with van der Waals surface area (Å²) in [6, 6.07) is 15.6. The van der Waals surface area contributed by atoms with Crippen molar-refractivity contribution >= 4 is 5.78 Å². The van der Waals surface area contributed by atoms with Gasteiger partial charge in [-0.25, -0.2) is 0 Å². The zero-order valence-electron chi connectivity index (χ0n) is 18.8. The molecule has 0 fully saturated rings. The van der Waals surface area contributed by atoms with Crippen molar-refractivity contribution in [1.29, 1.82) is 5.26 Å². The lowest BCUT2D eigenvalue weighted by molar-refractivity contribution is 0.0808. The van der Waals surface area contributed by atoms with Crippen molar-refractivity contribution in [1.82, 2.24) is 4.57 Å². The summed E-state index contributed by atoms with van der Waals surface area (Å²) in [5, 5.41) is 20.5. The molecule has 0 amide bonds. The minimum absolute atomic E-state index is 0.0361. The topological polar surface area (TPSA) is 111 Å². The number of rotatable bonds is 8. The molecule has 1 N–H and O–H groups in total. The molecule has 170 valence electrons. The van der Waals surface area contributed by atoms with E-state index in [0.717, 1.165) is 4.57 Å². The fourth-order valence-electron chi connectivity index (χ4n) is 3.47. The van der Waals surface area contributed by atoms with Crippen LogP contribution in [-0.2, 0) is 6.54 Å². The SMILES string of the molecule is COc1ccc(Cn2c(O)c(C(=O)C(C)Oc3ccccc3OC)c(C)c(C#N)c2=O)cc1. The number of nitrogens with zero attached hydrogens (tertiary/aromatic N) is 2. The minimum Gasteiger partial charge on any atom is -0.497 e. The fraction of sp³-hybridized carbons (Fsp3) is 0.240. The molecule has 8 heteroatoms. The first-order valence-electron chi connectivity index (χ1n) is 10.2. The number of nitriles is 1. The number of pyridine rings is 1. The van der Waals surface area contributed by atoms with Crippen molar-refractivity contribution in [3.05, 3.63) is 81.1 Å². The predicted molar refractivity (Wildman–Crippen MR) is 121 cm³/mol. The minimum atomic E-state index is -1.02. The normalized spacial score (nSPS) is 11.4. The first kappa shape index (κ1) is 23.4. The summed E-state index contributed by atoms with van der Waals surface area (Å²) in [4.78, 5) is 26.2. The van der Waals surface area contributed by atoms with E-state index in [1.165, 1.54) is 28.1 Å². The molecular formula is C25H24N2O6. The highest BCUT2D eigenvalue weighted by Crippen LogP contribution is 2.29. The number of aromatic nitrogens is 1. The van der Waals surface area contributed by atoms with Crippen molar-refractivity contribution in [2.75, 3.05) is 14.2 Å². The first-order chi connectivity index (χ1) is 15.8. The van der Waals surface area contributed by atoms with E-state index in [-0.39, 0.29) is 23.2 Å². The van der Waals surface area contributed by atoms with Gasteiger partial charge in [-0.1, -0.05) is 24.3 Å². The van der Waals surface area contributed by atoms with Crippen LogP contribution in [0.25, 0.3) is 0 Å². The molecule has 0 bridgehead atoms. The third-order valence-corrected chi connectivity index (χ3v) is 5.29. The van der Waals surface area contributed by atoms with Gasteiger partial charge in [-0.2, -0.15) is 5.26 Å². The van der Waals surface area contributed by atoms with Gasteiger partial charge in [0, 0.05) is 0 Å². The van der Waals surface area contributed by atoms with E-state index < -0.39 is 23.3 Å². The van der Waals surface area contributed by atoms with E-state index in [1.54, 1.807) is 48.5 Å². The van der Waals surface area contributed by atoms with Crippen LogP contribution in [0.3, 0.4) is 0 Å². The maximum absolute atomic E-state index is 13.3. The molecule has 0 aliphatic carbocycles. The van der Waals surface area contributed by atoms with Crippen LogP contribution in [0.4, 0.5) is 0 Å². The van der Waals surface area contributed by atoms with Gasteiger partial charge in [0.2, 0.25) is 11.7 Å². The molecule has 3 aromatic rings. The third-order valence-electron chi connectivity index (χ3n) is 5.29. The van der Waals surface area contributed by atoms with Gasteiger partial charge < -0.3 is 19.3 Å². The monoisotopic (exact) mass is 448 g/mol. The van der Waals surface area contributed by atoms with E-state index in [1.807, 2.05) is 6.07 Å². The summed E-state index contributed by atoms with van der Waals surface area (Å²) in [6.45, 7) is 2.95. The number of Topliss-reactive ketones (excluding diaryl/α,β-unsaturated/α-hetero) is 1. The second-order valence-corrected chi connectivity index (χ2v) is 7.32. The number of ketones is 1. The van der Waals surface area contributed by atoms with Crippen LogP contribution in [0, 0.1) is 18.3 Å². The maximum Gasteiger partial charge on any atom is 0.271 e. The van der Waals surface area contributed by atoms with Gasteiger partial charge >= 0.3 is 0 Å². The summed E-state index contributed by atoms with van der Waals surface area (Å²) in [5.74, 6) is 0.337. The average Bonchev–Trinajstić information content (AvgIpc) is 2.82. The van der Waals surface area contributed by atoms with E-state index in [4.69, 9.17) is 14.2 Å². The Morgan fingerprint density at radius 3 is 2.30 bits per heavy atom. The van der Waals surface area contributed by atoms with Crippen LogP contribution in [0.15, 0.2) is 53.3 Å². The molecule has 3 rings (SSSR count). The van der Waals surface area contributed by atoms with Crippen molar-refractivity contribution in [3.8, 4) is 29.2 Å². The molecule has 2 aromatic carbocycles. The lowest BCUT2D eigenvalue weighted by Gasteiger charge is -2.20. The van der Waals surface area contributed by atoms with Crippen LogP contribution in [0.5, 0.6) is 23.1 Å². The molecule has 1 heterocycles. The van der Waals surface area contributed by atoms with Gasteiger partial charge in [-0.15, -0.1) is 0 Å². The molecule has 1 unspecified atom stereocenters. The summed E-state index contributed by atoms with van der Waals surface area (Å²) >= 11 is 0. The number of carbonyl (C=O) groups excluding carboxylic acids is 1. The lowest BCUT2D eigenvalue weighted by Crippen LogP contribution is -2.31. The zero-order chi connectivity index (χ0) is 24.1. The Bertz CT molecular complexity index is 1270. The number of aromatic hydroxyl groups is 1. The Hall–Kier alpha value is -4.25. The second-order valence-electron chi connectivity index (χ2n) is 7.32. The molecule has 0 aliphatic heterocycles. The van der Waals surface area contributed by atoms with E-state index in [0.29, 0.717) is 22.8 Å². The molecule has 8 nitrogen and oxygen atoms in total. The molecule has 0 aliphatic rings. The third kappa shape index (κ3) is 4.67. The maximum atomic E-state index is 13.3. The van der Waals surface area contributed by atoms with Crippen molar-refractivity contribution < 1.29 is 24.1 Å². The van der Waals surface area contributed by atoms with Crippen LogP contribution in [-0.4, -0.2) is 35.8 Å². The van der Waals surface area contributed by atoms with Crippen LogP contribution in [0.2, 0.25) is 0 Å². The second kappa shape index (κ2) is 9.92. The van der Waals surface area contributed by atoms with Gasteiger partial charge in [0.25, 0.3) is 5.56 Å². The van der Waals surface area contributed by atoms with E-state index in [9.17, 15) is 20.0 Å². The largest absolute Gasteiger partial charge is 0.497 e. The van der Waals surface area contributed by atoms with Gasteiger partial charge in [-0.05, 0) is 49.2 Å². The van der Waals surface area contributed by atoms with E-state index in [2.05, 4.69) is 0 Å². The standard InChI is InChI=1S/C25H24N2O6/c1-15-19(13-26)24(29)27(14-17-9-11-18(31-3)12-10-17)25(30)22(15)23(28)16(2)33-21-8-6-5-7-20(21)32-4/h5-12,16,30H,14H2,1-4H3. The lowest BCUT2D eigenvalue weighted by atomic mass is 9.99. The number of hydrogen-bond acceptors (Lipinski definition) is 7. The molecule has 0 saturated heterocycles. The van der Waals surface area contributed by atoms with Crippen molar-refractivity contribution in [2.45, 2.75) is 26.5 Å². The summed E-state index contributed by atoms with van der Waals surface area (Å²) in [7, 11) is 3.02. The van der Waals surface area contributed by atoms with Gasteiger partial charge in [-0.3, -0.25) is 14.2 Å². The smallest absolute Gasteiger partial charge is 0.271 e. The molecule has 1 aromatic heterocycles. The fourth-order valence-corrected chi connectivity index (χ4v) is 3.47. The van der Waals surface area contributed by atoms with Gasteiger partial charge in [0.1, 0.15) is 17.4 Å². The van der Waals surface area contributed by atoms with Crippen LogP contribution < -0.4 is 19.8 Å². The quantitative estimate of drug-likeness (QED) is 0.526. The summed E-state index contributed by atoms with van der Waals surface area (Å²) in [6.07, 6.45) is -1.02. The Kier molecular flexibility index (Phi) is 7.04. The summed E-state index contributed by atoms with van der Waals surface area (Å²) in [5.41, 5.74) is -0.251. The molecular weight excluding hydrogens is 424 g/mol. The Balaban J connectivity index is 2.03. The van der Waals surface area contributed by atoms with Crippen LogP contribution in [0.1, 0.15) is 34.0 Å². The molecule has 0 spiro atoms. The number of para-hydroxylation sites is 2. The number of hydrogen-bond donors (Lipinski definition) is 1. The molecule has 33 heavy (non-hydrogen) atoms. The van der Waals surface area contributed by atoms with E-state index >= 15 is 0 Å². The highest BCUT2D eigenvalue weighted by atomic mass is 16.5. The summed E-state index contributed by atoms with van der Waals surface area (Å²) < 4.78 is 17.2. The Morgan fingerprint density at radius 1 is 1.09 bits per heavy atom. The highest BCUT2D eigenvalue weighted by molar-refractivity contribution is 6.03. The number of carbonyl (C=O) groups is 1. The Labute approximate surface area is 191 Å². The molecule has 0 radical (unpaired) electrons. The van der Waals surface area contributed by atoms with Crippen molar-refractivity contribution in [2.24, 2.45) is 0 Å². The predicted octanol–water partition coefficient (Wildman–Crippen LogP) is 3.45. The van der Waals surface area contributed by atoms with Crippen LogP contribution >= 0.6 is 0 Å².